The van der Waals surface area contributed by atoms with Crippen molar-refractivity contribution in [1.29, 1.82) is 0 Å². The lowest BCUT2D eigenvalue weighted by Crippen LogP contribution is -2.05. The molecule has 0 heterocycles. The fourth-order valence-corrected chi connectivity index (χ4v) is 2.10. The molecule has 3 heteroatoms. The minimum Gasteiger partial charge on any atom is -0.478 e. The van der Waals surface area contributed by atoms with Crippen LogP contribution in [0.1, 0.15) is 71.1 Å². The molecule has 3 nitrogen and oxygen atoms in total. The third-order valence-electron chi connectivity index (χ3n) is 3.22. The van der Waals surface area contributed by atoms with E-state index < -0.39 is 5.97 Å². The molecule has 20 heavy (non-hydrogen) atoms. The van der Waals surface area contributed by atoms with E-state index in [1.165, 1.54) is 39.0 Å². The first-order valence-corrected chi connectivity index (χ1v) is 7.60. The molecule has 0 saturated heterocycles. The van der Waals surface area contributed by atoms with Crippen molar-refractivity contribution in [2.24, 2.45) is 0 Å². The molecule has 0 aromatic heterocycles. The smallest absolute Gasteiger partial charge is 0.331 e. The zero-order valence-electron chi connectivity index (χ0n) is 12.7. The number of unbranched alkanes of at least 4 members (excludes halogenated alkanes) is 8. The van der Waals surface area contributed by atoms with Crippen LogP contribution in [0.5, 0.6) is 0 Å². The van der Waals surface area contributed by atoms with Gasteiger partial charge in [-0.15, -0.1) is 6.58 Å². The molecule has 0 aromatic carbocycles. The summed E-state index contributed by atoms with van der Waals surface area (Å²) >= 11 is 0. The van der Waals surface area contributed by atoms with Gasteiger partial charge in [-0.2, -0.15) is 0 Å². The van der Waals surface area contributed by atoms with E-state index in [-0.39, 0.29) is 17.8 Å². The lowest BCUT2D eigenvalue weighted by Gasteiger charge is -2.01. The monoisotopic (exact) mass is 280 g/mol. The summed E-state index contributed by atoms with van der Waals surface area (Å²) in [7, 11) is 0. The summed E-state index contributed by atoms with van der Waals surface area (Å²) in [6, 6.07) is 0. The summed E-state index contributed by atoms with van der Waals surface area (Å²) in [6.45, 7) is 5.12. The number of carbonyl (C=O) groups is 2. The summed E-state index contributed by atoms with van der Waals surface area (Å²) in [5.74, 6) is -1.07. The van der Waals surface area contributed by atoms with Crippen molar-refractivity contribution >= 4 is 11.8 Å². The second kappa shape index (κ2) is 12.6. The largest absolute Gasteiger partial charge is 0.478 e. The number of allylic oxidation sites excluding steroid dienone is 2. The minimum atomic E-state index is -0.970. The normalized spacial score (nSPS) is 11.3. The molecular formula is C17H28O3. The van der Waals surface area contributed by atoms with E-state index in [2.05, 4.69) is 6.58 Å². The number of Topliss-reactive ketones (excluding diaryl/α,β-unsaturated/α-hetero) is 1. The zero-order valence-corrected chi connectivity index (χ0v) is 12.7. The first-order valence-electron chi connectivity index (χ1n) is 7.60. The second-order valence-corrected chi connectivity index (χ2v) is 5.25. The van der Waals surface area contributed by atoms with Crippen molar-refractivity contribution in [3.63, 3.8) is 0 Å². The lowest BCUT2D eigenvalue weighted by atomic mass is 10.0. The van der Waals surface area contributed by atoms with Crippen LogP contribution in [-0.2, 0) is 9.59 Å². The van der Waals surface area contributed by atoms with E-state index in [1.54, 1.807) is 6.08 Å². The summed E-state index contributed by atoms with van der Waals surface area (Å²) in [6.07, 6.45) is 13.9. The number of ketones is 1. The predicted octanol–water partition coefficient (Wildman–Crippen LogP) is 4.67. The molecule has 0 aliphatic heterocycles. The molecular weight excluding hydrogens is 252 g/mol. The quantitative estimate of drug-likeness (QED) is 0.303. The average Bonchev–Trinajstić information content (AvgIpc) is 2.39. The Morgan fingerprint density at radius 2 is 1.45 bits per heavy atom. The maximum absolute atomic E-state index is 10.9. The molecule has 0 unspecified atom stereocenters. The third kappa shape index (κ3) is 11.7. The predicted molar refractivity (Wildman–Crippen MR) is 82.8 cm³/mol. The number of carboxylic acids is 1. The number of carboxylic acid groups (broad SMARTS) is 1. The Morgan fingerprint density at radius 3 is 1.90 bits per heavy atom. The van der Waals surface area contributed by atoms with Crippen molar-refractivity contribution in [3.05, 3.63) is 24.3 Å². The highest BCUT2D eigenvalue weighted by atomic mass is 16.4. The number of carbonyl (C=O) groups excluding carboxylic acids is 1. The molecule has 0 rings (SSSR count). The van der Waals surface area contributed by atoms with Crippen molar-refractivity contribution in [3.8, 4) is 0 Å². The molecule has 0 spiro atoms. The van der Waals surface area contributed by atoms with Gasteiger partial charge in [0.05, 0.1) is 0 Å². The fourth-order valence-electron chi connectivity index (χ4n) is 2.10. The van der Waals surface area contributed by atoms with E-state index in [0.717, 1.165) is 25.7 Å². The van der Waals surface area contributed by atoms with Gasteiger partial charge in [0.1, 0.15) is 5.78 Å². The van der Waals surface area contributed by atoms with Gasteiger partial charge >= 0.3 is 5.97 Å². The van der Waals surface area contributed by atoms with Crippen LogP contribution in [0.25, 0.3) is 0 Å². The van der Waals surface area contributed by atoms with Crippen LogP contribution in [-0.4, -0.2) is 16.9 Å². The van der Waals surface area contributed by atoms with Crippen molar-refractivity contribution in [1.82, 2.24) is 0 Å². The Bertz CT molecular complexity index is 329. The Balaban J connectivity index is 3.60. The van der Waals surface area contributed by atoms with Gasteiger partial charge in [0, 0.05) is 12.0 Å². The van der Waals surface area contributed by atoms with Crippen molar-refractivity contribution in [2.45, 2.75) is 71.1 Å². The second-order valence-electron chi connectivity index (χ2n) is 5.25. The van der Waals surface area contributed by atoms with Crippen LogP contribution in [0.4, 0.5) is 0 Å². The number of hydrogen-bond donors (Lipinski definition) is 1. The maximum atomic E-state index is 10.9. The molecule has 0 bridgehead atoms. The lowest BCUT2D eigenvalue weighted by molar-refractivity contribution is -0.133. The van der Waals surface area contributed by atoms with Gasteiger partial charge in [0.25, 0.3) is 0 Å². The first-order chi connectivity index (χ1) is 9.57. The molecule has 1 N–H and O–H groups in total. The van der Waals surface area contributed by atoms with E-state index in [0.29, 0.717) is 0 Å². The topological polar surface area (TPSA) is 54.4 Å². The molecule has 0 amide bonds. The minimum absolute atomic E-state index is 0.0403. The van der Waals surface area contributed by atoms with E-state index in [4.69, 9.17) is 5.11 Å². The zero-order chi connectivity index (χ0) is 15.2. The number of rotatable bonds is 13. The van der Waals surface area contributed by atoms with E-state index in [9.17, 15) is 9.59 Å². The Morgan fingerprint density at radius 1 is 0.950 bits per heavy atom. The van der Waals surface area contributed by atoms with Gasteiger partial charge in [-0.05, 0) is 32.6 Å². The fraction of sp³-hybridized carbons (Fsp3) is 0.647. The summed E-state index contributed by atoms with van der Waals surface area (Å²) in [4.78, 5) is 21.8. The highest BCUT2D eigenvalue weighted by molar-refractivity contribution is 5.93. The Hall–Kier alpha value is -1.38. The SMILES string of the molecule is C=CCCCCCCCCC/C=C(\CC(C)=O)C(=O)O. The van der Waals surface area contributed by atoms with Crippen LogP contribution >= 0.6 is 0 Å². The van der Waals surface area contributed by atoms with Gasteiger partial charge < -0.3 is 5.11 Å². The molecule has 0 saturated carbocycles. The molecule has 0 aromatic rings. The number of aliphatic carboxylic acids is 1. The first kappa shape index (κ1) is 18.6. The van der Waals surface area contributed by atoms with Crippen molar-refractivity contribution < 1.29 is 14.7 Å². The van der Waals surface area contributed by atoms with Gasteiger partial charge in [0.15, 0.2) is 0 Å². The molecule has 0 radical (unpaired) electrons. The van der Waals surface area contributed by atoms with Crippen LogP contribution < -0.4 is 0 Å². The van der Waals surface area contributed by atoms with Crippen LogP contribution in [0.3, 0.4) is 0 Å². The Labute approximate surface area is 122 Å². The van der Waals surface area contributed by atoms with Gasteiger partial charge in [0.2, 0.25) is 0 Å². The van der Waals surface area contributed by atoms with E-state index in [1.807, 2.05) is 6.08 Å². The van der Waals surface area contributed by atoms with Gasteiger partial charge in [-0.25, -0.2) is 4.79 Å². The summed E-state index contributed by atoms with van der Waals surface area (Å²) in [5, 5.41) is 8.94. The molecule has 0 fully saturated rings. The Kier molecular flexibility index (Phi) is 11.8. The van der Waals surface area contributed by atoms with Gasteiger partial charge in [-0.3, -0.25) is 4.79 Å². The number of hydrogen-bond acceptors (Lipinski definition) is 2. The average molecular weight is 280 g/mol. The van der Waals surface area contributed by atoms with E-state index >= 15 is 0 Å². The molecule has 0 aliphatic carbocycles. The highest BCUT2D eigenvalue weighted by Crippen LogP contribution is 2.12. The third-order valence-corrected chi connectivity index (χ3v) is 3.22. The molecule has 0 atom stereocenters. The van der Waals surface area contributed by atoms with Crippen LogP contribution in [0, 0.1) is 0 Å². The van der Waals surface area contributed by atoms with Crippen LogP contribution in [0.2, 0.25) is 0 Å². The standard InChI is InChI=1S/C17H28O3/c1-3-4-5-6-7-8-9-10-11-12-13-16(17(19)20)14-15(2)18/h3,13H,1,4-12,14H2,2H3,(H,19,20)/b16-13+. The highest BCUT2D eigenvalue weighted by Gasteiger charge is 2.08. The summed E-state index contributed by atoms with van der Waals surface area (Å²) in [5.41, 5.74) is 0.238. The maximum Gasteiger partial charge on any atom is 0.331 e. The van der Waals surface area contributed by atoms with Crippen LogP contribution in [0.15, 0.2) is 24.3 Å². The van der Waals surface area contributed by atoms with Gasteiger partial charge in [-0.1, -0.05) is 44.3 Å². The van der Waals surface area contributed by atoms with Crippen molar-refractivity contribution in [2.75, 3.05) is 0 Å². The molecule has 0 aliphatic rings. The molecule has 114 valence electrons. The summed E-state index contributed by atoms with van der Waals surface area (Å²) < 4.78 is 0.